The topological polar surface area (TPSA) is 112 Å². The number of likely N-dealkylation sites (tertiary alicyclic amines) is 2. The number of urea groups is 1. The molecule has 10 nitrogen and oxygen atoms in total. The number of carbonyl (C=O) groups excluding carboxylic acids is 3. The summed E-state index contributed by atoms with van der Waals surface area (Å²) >= 11 is 3.36. The van der Waals surface area contributed by atoms with Crippen LogP contribution in [0.1, 0.15) is 49.7 Å². The lowest BCUT2D eigenvalue weighted by molar-refractivity contribution is -0.142. The number of para-hydroxylation sites is 1. The fourth-order valence-corrected chi connectivity index (χ4v) is 7.77. The summed E-state index contributed by atoms with van der Waals surface area (Å²) < 4.78 is 12.1. The van der Waals surface area contributed by atoms with Gasteiger partial charge < -0.3 is 34.6 Å². The molecule has 2 aromatic rings. The first-order chi connectivity index (χ1) is 21.9. The molecule has 2 aromatic carbocycles. The average molecular weight is 684 g/mol. The molecule has 242 valence electrons. The molecule has 3 fully saturated rings. The smallest absolute Gasteiger partial charge is 0.410 e. The SMILES string of the molecule is O=C(O[C@H](Cc1ccc(O)c(Br)c1)C(=O)N1CCC(C2CCOCC2)CC1)N1CCC(N2CCc3ccccc3NC2=O)CC1. The van der Waals surface area contributed by atoms with Crippen LogP contribution in [-0.4, -0.2) is 95.9 Å². The second-order valence-electron chi connectivity index (χ2n) is 12.7. The molecular formula is C34H43BrN4O6. The van der Waals surface area contributed by atoms with Gasteiger partial charge in [0.05, 0.1) is 4.47 Å². The minimum Gasteiger partial charge on any atom is -0.507 e. The largest absolute Gasteiger partial charge is 0.507 e. The molecule has 0 aliphatic carbocycles. The highest BCUT2D eigenvalue weighted by Crippen LogP contribution is 2.33. The number of amides is 4. The van der Waals surface area contributed by atoms with Crippen LogP contribution in [0.2, 0.25) is 0 Å². The van der Waals surface area contributed by atoms with Gasteiger partial charge in [-0.1, -0.05) is 24.3 Å². The van der Waals surface area contributed by atoms with Crippen molar-refractivity contribution in [3.8, 4) is 5.75 Å². The Hall–Kier alpha value is -3.31. The Morgan fingerprint density at radius 3 is 2.36 bits per heavy atom. The number of hydrogen-bond donors (Lipinski definition) is 2. The maximum atomic E-state index is 13.9. The molecule has 4 amide bonds. The summed E-state index contributed by atoms with van der Waals surface area (Å²) in [5.74, 6) is 1.18. The van der Waals surface area contributed by atoms with Crippen molar-refractivity contribution < 1.29 is 29.0 Å². The number of phenols is 1. The van der Waals surface area contributed by atoms with Crippen molar-refractivity contribution in [3.05, 3.63) is 58.1 Å². The Morgan fingerprint density at radius 2 is 1.62 bits per heavy atom. The quantitative estimate of drug-likeness (QED) is 0.421. The average Bonchev–Trinajstić information content (AvgIpc) is 3.24. The number of nitrogens with one attached hydrogen (secondary N) is 1. The van der Waals surface area contributed by atoms with Crippen molar-refractivity contribution >= 4 is 39.6 Å². The number of phenolic OH excluding ortho intramolecular Hbond substituents is 1. The van der Waals surface area contributed by atoms with E-state index in [-0.39, 0.29) is 30.2 Å². The van der Waals surface area contributed by atoms with Gasteiger partial charge in [-0.25, -0.2) is 9.59 Å². The lowest BCUT2D eigenvalue weighted by Crippen LogP contribution is -2.51. The number of anilines is 1. The highest BCUT2D eigenvalue weighted by molar-refractivity contribution is 9.10. The maximum absolute atomic E-state index is 13.9. The van der Waals surface area contributed by atoms with E-state index in [2.05, 4.69) is 21.2 Å². The molecule has 4 heterocycles. The highest BCUT2D eigenvalue weighted by Gasteiger charge is 2.36. The Balaban J connectivity index is 1.07. The van der Waals surface area contributed by atoms with Crippen molar-refractivity contribution in [2.45, 2.75) is 63.5 Å². The van der Waals surface area contributed by atoms with Gasteiger partial charge in [0.2, 0.25) is 0 Å². The lowest BCUT2D eigenvalue weighted by Gasteiger charge is -2.39. The molecule has 4 aliphatic rings. The lowest BCUT2D eigenvalue weighted by atomic mass is 9.80. The van der Waals surface area contributed by atoms with Crippen LogP contribution in [0.3, 0.4) is 0 Å². The first kappa shape index (κ1) is 31.7. The number of ether oxygens (including phenoxy) is 2. The summed E-state index contributed by atoms with van der Waals surface area (Å²) in [6.45, 7) is 4.47. The van der Waals surface area contributed by atoms with Crippen LogP contribution < -0.4 is 5.32 Å². The van der Waals surface area contributed by atoms with Crippen molar-refractivity contribution in [2.24, 2.45) is 11.8 Å². The predicted octanol–water partition coefficient (Wildman–Crippen LogP) is 5.42. The van der Waals surface area contributed by atoms with Gasteiger partial charge in [-0.2, -0.15) is 0 Å². The van der Waals surface area contributed by atoms with Crippen LogP contribution in [0.25, 0.3) is 0 Å². The number of fused-ring (bicyclic) bond motifs is 1. The van der Waals surface area contributed by atoms with Gasteiger partial charge in [0.1, 0.15) is 5.75 Å². The number of rotatable bonds is 6. The second-order valence-corrected chi connectivity index (χ2v) is 13.6. The molecule has 0 unspecified atom stereocenters. The number of benzene rings is 2. The van der Waals surface area contributed by atoms with Crippen molar-refractivity contribution in [1.82, 2.24) is 14.7 Å². The number of nitrogens with zero attached hydrogens (tertiary/aromatic N) is 3. The monoisotopic (exact) mass is 682 g/mol. The summed E-state index contributed by atoms with van der Waals surface area (Å²) in [4.78, 5) is 45.8. The molecule has 2 N–H and O–H groups in total. The van der Waals surface area contributed by atoms with Crippen LogP contribution in [0.5, 0.6) is 5.75 Å². The fraction of sp³-hybridized carbons (Fsp3) is 0.559. The number of hydrogen-bond acceptors (Lipinski definition) is 6. The first-order valence-corrected chi connectivity index (χ1v) is 17.1. The van der Waals surface area contributed by atoms with Crippen LogP contribution >= 0.6 is 15.9 Å². The number of halogens is 1. The van der Waals surface area contributed by atoms with Gasteiger partial charge in [-0.15, -0.1) is 0 Å². The van der Waals surface area contributed by atoms with E-state index < -0.39 is 12.2 Å². The van der Waals surface area contributed by atoms with E-state index in [9.17, 15) is 19.5 Å². The molecule has 45 heavy (non-hydrogen) atoms. The van der Waals surface area contributed by atoms with Gasteiger partial charge in [-0.05, 0) is 102 Å². The fourth-order valence-electron chi connectivity index (χ4n) is 7.35. The van der Waals surface area contributed by atoms with E-state index in [0.717, 1.165) is 62.1 Å². The third-order valence-electron chi connectivity index (χ3n) is 10.0. The summed E-state index contributed by atoms with van der Waals surface area (Å²) in [5, 5.41) is 13.0. The predicted molar refractivity (Wildman–Crippen MR) is 173 cm³/mol. The third-order valence-corrected chi connectivity index (χ3v) is 10.7. The first-order valence-electron chi connectivity index (χ1n) is 16.3. The zero-order valence-corrected chi connectivity index (χ0v) is 27.3. The standard InChI is InChI=1S/C34H43BrN4O6/c35-28-21-23(5-6-30(28)40)22-31(32(41)37-14-7-24(8-15-37)25-12-19-44-20-13-25)45-34(43)38-16-10-27(11-17-38)39-18-9-26-3-1-2-4-29(26)36-33(39)42/h1-6,21,24-25,27,31,40H,7-20,22H2,(H,36,42)/t31-/m1/s1. The van der Waals surface area contributed by atoms with Gasteiger partial charge in [0.15, 0.2) is 6.10 Å². The maximum Gasteiger partial charge on any atom is 0.410 e. The number of piperidine rings is 2. The van der Waals surface area contributed by atoms with E-state index in [1.165, 1.54) is 0 Å². The molecular weight excluding hydrogens is 640 g/mol. The molecule has 3 saturated heterocycles. The number of aromatic hydroxyl groups is 1. The van der Waals surface area contributed by atoms with Gasteiger partial charge in [-0.3, -0.25) is 4.79 Å². The summed E-state index contributed by atoms with van der Waals surface area (Å²) in [7, 11) is 0. The summed E-state index contributed by atoms with van der Waals surface area (Å²) in [6, 6.07) is 12.9. The van der Waals surface area contributed by atoms with Crippen LogP contribution in [0, 0.1) is 11.8 Å². The normalized spacial score (nSPS) is 21.1. The molecule has 0 spiro atoms. The molecule has 0 radical (unpaired) electrons. The zero-order chi connectivity index (χ0) is 31.3. The molecule has 0 aromatic heterocycles. The molecule has 6 rings (SSSR count). The molecule has 11 heteroatoms. The Morgan fingerprint density at radius 1 is 0.933 bits per heavy atom. The van der Waals surface area contributed by atoms with Gasteiger partial charge >= 0.3 is 12.1 Å². The minimum absolute atomic E-state index is 0.0205. The third kappa shape index (κ3) is 7.57. The molecule has 0 saturated carbocycles. The molecule has 0 bridgehead atoms. The van der Waals surface area contributed by atoms with E-state index in [0.29, 0.717) is 61.9 Å². The van der Waals surface area contributed by atoms with E-state index in [1.54, 1.807) is 23.1 Å². The summed E-state index contributed by atoms with van der Waals surface area (Å²) in [6.07, 6.45) is 4.87. The van der Waals surface area contributed by atoms with Crippen LogP contribution in [0.4, 0.5) is 15.3 Å². The van der Waals surface area contributed by atoms with E-state index in [4.69, 9.17) is 9.47 Å². The molecule has 1 atom stereocenters. The van der Waals surface area contributed by atoms with E-state index in [1.807, 2.05) is 34.1 Å². The summed E-state index contributed by atoms with van der Waals surface area (Å²) in [5.41, 5.74) is 2.77. The van der Waals surface area contributed by atoms with Crippen molar-refractivity contribution in [1.29, 1.82) is 0 Å². The zero-order valence-electron chi connectivity index (χ0n) is 25.7. The Kier molecular flexibility index (Phi) is 10.1. The Labute approximate surface area is 273 Å². The Bertz CT molecular complexity index is 1370. The van der Waals surface area contributed by atoms with Gasteiger partial charge in [0, 0.05) is 64.1 Å². The van der Waals surface area contributed by atoms with Crippen molar-refractivity contribution in [3.63, 3.8) is 0 Å². The minimum atomic E-state index is -0.971. The van der Waals surface area contributed by atoms with Crippen molar-refractivity contribution in [2.75, 3.05) is 51.3 Å². The van der Waals surface area contributed by atoms with Gasteiger partial charge in [0.25, 0.3) is 5.91 Å². The van der Waals surface area contributed by atoms with Crippen LogP contribution in [-0.2, 0) is 27.1 Å². The molecule has 4 aliphatic heterocycles. The second kappa shape index (κ2) is 14.4. The number of carbonyl (C=O) groups is 3. The van der Waals surface area contributed by atoms with Crippen LogP contribution in [0.15, 0.2) is 46.9 Å². The van der Waals surface area contributed by atoms with E-state index >= 15 is 0 Å². The highest BCUT2D eigenvalue weighted by atomic mass is 79.9.